The number of benzene rings is 2. The maximum Gasteiger partial charge on any atom is 0.323 e. The predicted octanol–water partition coefficient (Wildman–Crippen LogP) is 4.39. The summed E-state index contributed by atoms with van der Waals surface area (Å²) in [6, 6.07) is 18.5. The van der Waals surface area contributed by atoms with Crippen molar-refractivity contribution in [3.05, 3.63) is 84.2 Å². The lowest BCUT2D eigenvalue weighted by molar-refractivity contribution is -0.644. The molecule has 0 atom stereocenters. The summed E-state index contributed by atoms with van der Waals surface area (Å²) in [4.78, 5) is 28.2. The van der Waals surface area contributed by atoms with E-state index in [9.17, 15) is 14.7 Å². The fraction of sp³-hybridized carbons (Fsp3) is 0.276. The van der Waals surface area contributed by atoms with Crippen molar-refractivity contribution < 1.29 is 19.3 Å². The van der Waals surface area contributed by atoms with Crippen LogP contribution in [-0.4, -0.2) is 41.0 Å². The second-order valence-corrected chi connectivity index (χ2v) is 9.31. The third-order valence-corrected chi connectivity index (χ3v) is 7.04. The van der Waals surface area contributed by atoms with Crippen LogP contribution in [0.25, 0.3) is 22.6 Å². The average molecular weight is 469 g/mol. The fourth-order valence-electron chi connectivity index (χ4n) is 5.27. The Labute approximate surface area is 205 Å². The van der Waals surface area contributed by atoms with Gasteiger partial charge in [0.15, 0.2) is 6.20 Å². The fourth-order valence-corrected chi connectivity index (χ4v) is 5.27. The maximum atomic E-state index is 13.3. The van der Waals surface area contributed by atoms with Crippen molar-refractivity contribution >= 4 is 40.1 Å². The smallest absolute Gasteiger partial charge is 0.323 e. The number of para-hydroxylation sites is 2. The monoisotopic (exact) mass is 468 g/mol. The molecule has 2 heterocycles. The Morgan fingerprint density at radius 2 is 1.83 bits per heavy atom. The zero-order valence-corrected chi connectivity index (χ0v) is 19.9. The number of pyridine rings is 1. The van der Waals surface area contributed by atoms with Crippen molar-refractivity contribution in [1.29, 1.82) is 0 Å². The van der Waals surface area contributed by atoms with Crippen LogP contribution in [0.1, 0.15) is 36.8 Å². The summed E-state index contributed by atoms with van der Waals surface area (Å²) in [6.45, 7) is -0.124. The molecule has 3 aromatic rings. The minimum absolute atomic E-state index is 0.0192. The van der Waals surface area contributed by atoms with Crippen molar-refractivity contribution in [3.8, 4) is 0 Å². The number of amides is 1. The minimum Gasteiger partial charge on any atom is -0.480 e. The summed E-state index contributed by atoms with van der Waals surface area (Å²) in [6.07, 6.45) is 12.1. The highest BCUT2D eigenvalue weighted by Gasteiger charge is 2.30. The van der Waals surface area contributed by atoms with E-state index in [0.29, 0.717) is 0 Å². The Balaban J connectivity index is 1.46. The van der Waals surface area contributed by atoms with Crippen LogP contribution in [0.15, 0.2) is 73.1 Å². The van der Waals surface area contributed by atoms with E-state index < -0.39 is 5.97 Å². The highest BCUT2D eigenvalue weighted by Crippen LogP contribution is 2.35. The van der Waals surface area contributed by atoms with Gasteiger partial charge in [-0.3, -0.25) is 9.59 Å². The number of carboxylic acid groups (broad SMARTS) is 1. The second kappa shape index (κ2) is 9.74. The number of hydrogen-bond donors (Lipinski definition) is 1. The van der Waals surface area contributed by atoms with E-state index in [1.165, 1.54) is 5.39 Å². The molecule has 2 aromatic carbocycles. The number of nitrogens with zero attached hydrogens (tertiary/aromatic N) is 3. The van der Waals surface area contributed by atoms with E-state index in [2.05, 4.69) is 47.2 Å². The van der Waals surface area contributed by atoms with Crippen molar-refractivity contribution in [2.75, 3.05) is 18.0 Å². The number of rotatable bonds is 6. The number of fused-ring (bicyclic) bond motifs is 2. The summed E-state index contributed by atoms with van der Waals surface area (Å²) in [5.41, 5.74) is 5.36. The molecule has 0 spiro atoms. The molecule has 1 fully saturated rings. The van der Waals surface area contributed by atoms with Gasteiger partial charge in [0.25, 0.3) is 0 Å². The average Bonchev–Trinajstić information content (AvgIpc) is 3.40. The SMILES string of the molecule is C[n+]1ccc(/C=C2/C=CN(CC(=O)N(CC(=O)O)C3CCCC3)c3ccccc32)c2ccccc21. The Hall–Kier alpha value is -3.93. The van der Waals surface area contributed by atoms with Gasteiger partial charge in [-0.25, -0.2) is 4.57 Å². The molecule has 5 rings (SSSR count). The first-order valence-corrected chi connectivity index (χ1v) is 12.2. The van der Waals surface area contributed by atoms with Crippen LogP contribution in [-0.2, 0) is 16.6 Å². The molecule has 35 heavy (non-hydrogen) atoms. The summed E-state index contributed by atoms with van der Waals surface area (Å²) in [5, 5.41) is 10.6. The Morgan fingerprint density at radius 1 is 1.09 bits per heavy atom. The molecule has 178 valence electrons. The number of allylic oxidation sites excluding steroid dienone is 2. The number of aliphatic carboxylic acids is 1. The first-order valence-electron chi connectivity index (χ1n) is 12.2. The highest BCUT2D eigenvalue weighted by molar-refractivity contribution is 6.00. The standard InChI is InChI=1S/C29H29N3O3/c1-30-16-14-21(24-10-4-6-12-26(24)30)18-22-15-17-31(27-13-7-5-11-25(22)27)19-28(33)32(20-29(34)35)23-8-2-3-9-23/h4-7,10-18,23H,2-3,8-9,19-20H2,1H3/p+1. The van der Waals surface area contributed by atoms with Crippen LogP contribution in [0.4, 0.5) is 5.69 Å². The lowest BCUT2D eigenvalue weighted by Crippen LogP contribution is -2.46. The van der Waals surface area contributed by atoms with E-state index in [0.717, 1.165) is 53.6 Å². The molecule has 0 bridgehead atoms. The van der Waals surface area contributed by atoms with Gasteiger partial charge in [-0.1, -0.05) is 43.2 Å². The molecule has 1 amide bonds. The summed E-state index contributed by atoms with van der Waals surface area (Å²) in [7, 11) is 2.04. The molecule has 6 heteroatoms. The van der Waals surface area contributed by atoms with Gasteiger partial charge in [-0.2, -0.15) is 0 Å². The second-order valence-electron chi connectivity index (χ2n) is 9.31. The first-order chi connectivity index (χ1) is 17.0. The molecule has 0 saturated heterocycles. The van der Waals surface area contributed by atoms with Crippen LogP contribution in [0.3, 0.4) is 0 Å². The molecular formula is C29H30N3O3+. The Bertz CT molecular complexity index is 1340. The summed E-state index contributed by atoms with van der Waals surface area (Å²) >= 11 is 0. The summed E-state index contributed by atoms with van der Waals surface area (Å²) < 4.78 is 2.11. The summed E-state index contributed by atoms with van der Waals surface area (Å²) in [5.74, 6) is -1.11. The quantitative estimate of drug-likeness (QED) is 0.545. The first kappa shape index (κ1) is 22.8. The van der Waals surface area contributed by atoms with E-state index in [4.69, 9.17) is 0 Å². The molecule has 1 aliphatic carbocycles. The molecule has 2 aliphatic rings. The van der Waals surface area contributed by atoms with Crippen molar-refractivity contribution in [1.82, 2.24) is 4.90 Å². The zero-order valence-electron chi connectivity index (χ0n) is 19.9. The number of carboxylic acids is 1. The zero-order chi connectivity index (χ0) is 24.4. The van der Waals surface area contributed by atoms with Gasteiger partial charge in [0, 0.05) is 35.6 Å². The van der Waals surface area contributed by atoms with E-state index in [1.54, 1.807) is 4.90 Å². The molecule has 6 nitrogen and oxygen atoms in total. The van der Waals surface area contributed by atoms with Crippen LogP contribution >= 0.6 is 0 Å². The number of carbonyl (C=O) groups is 2. The van der Waals surface area contributed by atoms with Crippen LogP contribution in [0.2, 0.25) is 0 Å². The third-order valence-electron chi connectivity index (χ3n) is 7.04. The normalized spacial score (nSPS) is 16.6. The highest BCUT2D eigenvalue weighted by atomic mass is 16.4. The van der Waals surface area contributed by atoms with Gasteiger partial charge in [0.05, 0.1) is 5.39 Å². The van der Waals surface area contributed by atoms with Gasteiger partial charge in [-0.15, -0.1) is 0 Å². The van der Waals surface area contributed by atoms with Gasteiger partial charge in [0.1, 0.15) is 20.1 Å². The molecule has 1 N–H and O–H groups in total. The van der Waals surface area contributed by atoms with E-state index >= 15 is 0 Å². The maximum absolute atomic E-state index is 13.3. The van der Waals surface area contributed by atoms with Gasteiger partial charge < -0.3 is 14.9 Å². The topological polar surface area (TPSA) is 64.7 Å². The Morgan fingerprint density at radius 3 is 2.63 bits per heavy atom. The van der Waals surface area contributed by atoms with Gasteiger partial charge in [-0.05, 0) is 48.3 Å². The number of aryl methyl sites for hydroxylation is 1. The third kappa shape index (κ3) is 4.69. The van der Waals surface area contributed by atoms with Crippen LogP contribution in [0, 0.1) is 0 Å². The molecule has 1 saturated carbocycles. The van der Waals surface area contributed by atoms with Crippen molar-refractivity contribution in [2.24, 2.45) is 7.05 Å². The number of aromatic nitrogens is 1. The van der Waals surface area contributed by atoms with Crippen LogP contribution < -0.4 is 9.47 Å². The largest absolute Gasteiger partial charge is 0.480 e. The minimum atomic E-state index is -0.964. The molecular weight excluding hydrogens is 438 g/mol. The lowest BCUT2D eigenvalue weighted by Gasteiger charge is -2.32. The lowest BCUT2D eigenvalue weighted by atomic mass is 9.96. The Kier molecular flexibility index (Phi) is 6.36. The van der Waals surface area contributed by atoms with E-state index in [1.807, 2.05) is 48.5 Å². The van der Waals surface area contributed by atoms with Crippen molar-refractivity contribution in [3.63, 3.8) is 0 Å². The predicted molar refractivity (Wildman–Crippen MR) is 138 cm³/mol. The van der Waals surface area contributed by atoms with Gasteiger partial charge >= 0.3 is 5.97 Å². The number of anilines is 1. The molecule has 1 aliphatic heterocycles. The molecule has 0 radical (unpaired) electrons. The number of carbonyl (C=O) groups excluding carboxylic acids is 1. The van der Waals surface area contributed by atoms with E-state index in [-0.39, 0.29) is 25.0 Å². The number of hydrogen-bond acceptors (Lipinski definition) is 3. The molecule has 1 aromatic heterocycles. The van der Waals surface area contributed by atoms with Crippen molar-refractivity contribution in [2.45, 2.75) is 31.7 Å². The van der Waals surface area contributed by atoms with Crippen LogP contribution in [0.5, 0.6) is 0 Å². The molecule has 0 unspecified atom stereocenters. The van der Waals surface area contributed by atoms with Gasteiger partial charge in [0.2, 0.25) is 11.4 Å².